The zero-order valence-electron chi connectivity index (χ0n) is 16.0. The molecule has 0 saturated carbocycles. The highest BCUT2D eigenvalue weighted by atomic mass is 16.2. The van der Waals surface area contributed by atoms with E-state index < -0.39 is 0 Å². The molecule has 0 atom stereocenters. The molecular weight excluding hydrogens is 338 g/mol. The Kier molecular flexibility index (Phi) is 5.98. The Hall–Kier alpha value is -2.99. The van der Waals surface area contributed by atoms with Gasteiger partial charge in [-0.2, -0.15) is 0 Å². The summed E-state index contributed by atoms with van der Waals surface area (Å²) in [5, 5.41) is 8.00. The van der Waals surface area contributed by atoms with Crippen LogP contribution in [0.5, 0.6) is 0 Å². The van der Waals surface area contributed by atoms with E-state index >= 15 is 0 Å². The van der Waals surface area contributed by atoms with Crippen molar-refractivity contribution in [3.05, 3.63) is 83.2 Å². The molecule has 3 rings (SSSR count). The van der Waals surface area contributed by atoms with Crippen molar-refractivity contribution >= 4 is 5.91 Å². The first-order chi connectivity index (χ1) is 13.0. The third-order valence-corrected chi connectivity index (χ3v) is 4.30. The summed E-state index contributed by atoms with van der Waals surface area (Å²) in [5.41, 5.74) is 3.92. The van der Waals surface area contributed by atoms with Crippen LogP contribution in [0.15, 0.2) is 60.8 Å². The Labute approximate surface area is 160 Å². The zero-order chi connectivity index (χ0) is 19.2. The van der Waals surface area contributed by atoms with E-state index in [0.717, 1.165) is 17.7 Å². The molecule has 0 bridgehead atoms. The van der Waals surface area contributed by atoms with E-state index in [9.17, 15) is 4.79 Å². The lowest BCUT2D eigenvalue weighted by atomic mass is 10.1. The van der Waals surface area contributed by atoms with Crippen LogP contribution in [-0.2, 0) is 19.6 Å². The predicted octanol–water partition coefficient (Wildman–Crippen LogP) is 2.66. The fraction of sp³-hybridized carbons (Fsp3) is 0.286. The average molecular weight is 363 g/mol. The molecule has 1 amide bonds. The number of hydrogen-bond acceptors (Lipinski definition) is 4. The second kappa shape index (κ2) is 8.60. The van der Waals surface area contributed by atoms with Crippen molar-refractivity contribution < 1.29 is 4.79 Å². The minimum atomic E-state index is -0.0895. The molecule has 0 aliphatic rings. The molecular formula is C21H25N5O. The van der Waals surface area contributed by atoms with Crippen LogP contribution in [0.4, 0.5) is 0 Å². The van der Waals surface area contributed by atoms with Crippen LogP contribution in [0.3, 0.4) is 0 Å². The van der Waals surface area contributed by atoms with Gasteiger partial charge < -0.3 is 9.80 Å². The second-order valence-corrected chi connectivity index (χ2v) is 6.98. The molecule has 6 heteroatoms. The fourth-order valence-corrected chi connectivity index (χ4v) is 2.95. The van der Waals surface area contributed by atoms with Crippen molar-refractivity contribution in [1.82, 2.24) is 24.8 Å². The summed E-state index contributed by atoms with van der Waals surface area (Å²) in [6.07, 6.45) is 1.53. The van der Waals surface area contributed by atoms with Crippen molar-refractivity contribution in [2.75, 3.05) is 21.1 Å². The molecule has 0 unspecified atom stereocenters. The summed E-state index contributed by atoms with van der Waals surface area (Å²) in [7, 11) is 5.90. The quantitative estimate of drug-likeness (QED) is 0.648. The van der Waals surface area contributed by atoms with E-state index in [1.165, 1.54) is 11.8 Å². The predicted molar refractivity (Wildman–Crippen MR) is 105 cm³/mol. The second-order valence-electron chi connectivity index (χ2n) is 6.98. The molecule has 0 radical (unpaired) electrons. The van der Waals surface area contributed by atoms with Gasteiger partial charge in [-0.25, -0.2) is 4.68 Å². The third-order valence-electron chi connectivity index (χ3n) is 4.30. The Morgan fingerprint density at radius 3 is 2.15 bits per heavy atom. The van der Waals surface area contributed by atoms with Gasteiger partial charge in [0.2, 0.25) is 0 Å². The van der Waals surface area contributed by atoms with E-state index in [1.54, 1.807) is 16.6 Å². The van der Waals surface area contributed by atoms with E-state index in [1.807, 2.05) is 44.4 Å². The molecule has 0 N–H and O–H groups in total. The molecule has 0 saturated heterocycles. The van der Waals surface area contributed by atoms with Gasteiger partial charge in [-0.15, -0.1) is 5.10 Å². The topological polar surface area (TPSA) is 54.3 Å². The van der Waals surface area contributed by atoms with Crippen LogP contribution in [0.1, 0.15) is 27.2 Å². The molecule has 3 aromatic rings. The maximum absolute atomic E-state index is 12.9. The Morgan fingerprint density at radius 2 is 1.52 bits per heavy atom. The number of amides is 1. The third kappa shape index (κ3) is 5.01. The molecule has 0 spiro atoms. The Balaban J connectivity index is 1.66. The number of nitrogens with zero attached hydrogens (tertiary/aromatic N) is 5. The molecule has 0 fully saturated rings. The highest BCUT2D eigenvalue weighted by Crippen LogP contribution is 2.11. The number of benzene rings is 2. The van der Waals surface area contributed by atoms with Crippen LogP contribution < -0.4 is 0 Å². The van der Waals surface area contributed by atoms with Crippen molar-refractivity contribution in [2.45, 2.75) is 19.6 Å². The van der Waals surface area contributed by atoms with Gasteiger partial charge in [0.05, 0.1) is 12.7 Å². The van der Waals surface area contributed by atoms with Crippen molar-refractivity contribution in [3.8, 4) is 0 Å². The maximum atomic E-state index is 12.9. The van der Waals surface area contributed by atoms with E-state index in [4.69, 9.17) is 0 Å². The summed E-state index contributed by atoms with van der Waals surface area (Å²) < 4.78 is 1.65. The summed E-state index contributed by atoms with van der Waals surface area (Å²) >= 11 is 0. The molecule has 0 aliphatic heterocycles. The average Bonchev–Trinajstić information content (AvgIpc) is 3.11. The number of carbonyl (C=O) groups excluding carboxylic acids is 1. The summed E-state index contributed by atoms with van der Waals surface area (Å²) in [4.78, 5) is 16.7. The normalized spacial score (nSPS) is 11.0. The van der Waals surface area contributed by atoms with Crippen LogP contribution in [0, 0.1) is 0 Å². The number of hydrogen-bond donors (Lipinski definition) is 0. The van der Waals surface area contributed by atoms with Gasteiger partial charge in [-0.05, 0) is 30.8 Å². The minimum Gasteiger partial charge on any atom is -0.336 e. The summed E-state index contributed by atoms with van der Waals surface area (Å²) in [6, 6.07) is 18.3. The van der Waals surface area contributed by atoms with E-state index in [-0.39, 0.29) is 5.91 Å². The van der Waals surface area contributed by atoms with Crippen molar-refractivity contribution in [1.29, 1.82) is 0 Å². The van der Waals surface area contributed by atoms with Crippen LogP contribution in [0.25, 0.3) is 0 Å². The molecule has 27 heavy (non-hydrogen) atoms. The largest absolute Gasteiger partial charge is 0.336 e. The van der Waals surface area contributed by atoms with Gasteiger partial charge in [0.1, 0.15) is 5.69 Å². The Morgan fingerprint density at radius 1 is 0.889 bits per heavy atom. The monoisotopic (exact) mass is 363 g/mol. The maximum Gasteiger partial charge on any atom is 0.273 e. The first-order valence-corrected chi connectivity index (χ1v) is 8.93. The molecule has 140 valence electrons. The highest BCUT2D eigenvalue weighted by molar-refractivity contribution is 5.92. The van der Waals surface area contributed by atoms with Crippen LogP contribution in [0.2, 0.25) is 0 Å². The standard InChI is InChI=1S/C21H25N5O/c1-24(2)14-18-9-11-19(12-10-18)15-25(3)21(27)20-13-22-23-26(20)16-17-7-5-4-6-8-17/h4-13H,14-16H2,1-3H3. The Bertz CT molecular complexity index is 871. The number of carbonyl (C=O) groups is 1. The van der Waals surface area contributed by atoms with Crippen molar-refractivity contribution in [3.63, 3.8) is 0 Å². The summed E-state index contributed by atoms with van der Waals surface area (Å²) in [5.74, 6) is -0.0895. The minimum absolute atomic E-state index is 0.0895. The smallest absolute Gasteiger partial charge is 0.273 e. The SMILES string of the molecule is CN(C)Cc1ccc(CN(C)C(=O)c2cnnn2Cc2ccccc2)cc1. The van der Waals surface area contributed by atoms with Gasteiger partial charge in [0, 0.05) is 20.1 Å². The molecule has 2 aromatic carbocycles. The van der Waals surface area contributed by atoms with Crippen LogP contribution in [-0.4, -0.2) is 51.8 Å². The highest BCUT2D eigenvalue weighted by Gasteiger charge is 2.18. The van der Waals surface area contributed by atoms with E-state index in [0.29, 0.717) is 18.8 Å². The first-order valence-electron chi connectivity index (χ1n) is 8.93. The fourth-order valence-electron chi connectivity index (χ4n) is 2.95. The molecule has 0 aliphatic carbocycles. The number of rotatable bonds is 7. The van der Waals surface area contributed by atoms with Gasteiger partial charge in [-0.3, -0.25) is 4.79 Å². The first kappa shape index (κ1) is 18.8. The van der Waals surface area contributed by atoms with Crippen LogP contribution >= 0.6 is 0 Å². The van der Waals surface area contributed by atoms with Crippen molar-refractivity contribution in [2.24, 2.45) is 0 Å². The molecule has 6 nitrogen and oxygen atoms in total. The van der Waals surface area contributed by atoms with Gasteiger partial charge in [0.15, 0.2) is 0 Å². The molecule has 1 heterocycles. The summed E-state index contributed by atoms with van der Waals surface area (Å²) in [6.45, 7) is 1.96. The van der Waals surface area contributed by atoms with E-state index in [2.05, 4.69) is 39.5 Å². The van der Waals surface area contributed by atoms with Gasteiger partial charge in [0.25, 0.3) is 5.91 Å². The van der Waals surface area contributed by atoms with Gasteiger partial charge >= 0.3 is 0 Å². The number of aromatic nitrogens is 3. The molecule has 1 aromatic heterocycles. The van der Waals surface area contributed by atoms with Gasteiger partial charge in [-0.1, -0.05) is 59.8 Å². The lowest BCUT2D eigenvalue weighted by Gasteiger charge is -2.18. The zero-order valence-corrected chi connectivity index (χ0v) is 16.0. The lowest BCUT2D eigenvalue weighted by molar-refractivity contribution is 0.0773. The lowest BCUT2D eigenvalue weighted by Crippen LogP contribution is -2.28.